The number of nitrogens with two attached hydrogens (primary N) is 1. The van der Waals surface area contributed by atoms with Gasteiger partial charge in [0.15, 0.2) is 0 Å². The van der Waals surface area contributed by atoms with Crippen molar-refractivity contribution in [3.05, 3.63) is 91.4 Å². The minimum Gasteiger partial charge on any atom is -0.397 e. The van der Waals surface area contributed by atoms with Crippen molar-refractivity contribution in [3.8, 4) is 0 Å². The highest BCUT2D eigenvalue weighted by Gasteiger charge is 2.25. The molecule has 0 radical (unpaired) electrons. The van der Waals surface area contributed by atoms with Crippen molar-refractivity contribution in [2.24, 2.45) is 0 Å². The molecule has 1 unspecified atom stereocenters. The van der Waals surface area contributed by atoms with Crippen LogP contribution < -0.4 is 11.1 Å². The maximum atomic E-state index is 12.9. The molecule has 1 aliphatic carbocycles. The van der Waals surface area contributed by atoms with E-state index in [1.54, 1.807) is 0 Å². The van der Waals surface area contributed by atoms with Crippen LogP contribution in [0.5, 0.6) is 0 Å². The van der Waals surface area contributed by atoms with Crippen molar-refractivity contribution in [2.75, 3.05) is 11.1 Å². The summed E-state index contributed by atoms with van der Waals surface area (Å²) >= 11 is 7.08. The Morgan fingerprint density at radius 2 is 2.00 bits per heavy atom. The van der Waals surface area contributed by atoms with Gasteiger partial charge in [-0.05, 0) is 54.5 Å². The Bertz CT molecular complexity index is 1400. The molecular formula is C24H19ClN4O3S. The first kappa shape index (κ1) is 21.4. The molecule has 5 rings (SSSR count). The van der Waals surface area contributed by atoms with E-state index in [9.17, 15) is 14.9 Å². The van der Waals surface area contributed by atoms with E-state index in [0.717, 1.165) is 40.7 Å². The van der Waals surface area contributed by atoms with E-state index in [0.29, 0.717) is 16.5 Å². The molecule has 1 aliphatic rings. The zero-order chi connectivity index (χ0) is 23.1. The molecule has 4 aromatic rings. The van der Waals surface area contributed by atoms with Crippen LogP contribution in [0.2, 0.25) is 5.02 Å². The topological polar surface area (TPSA) is 111 Å². The smallest absolute Gasteiger partial charge is 0.289 e. The van der Waals surface area contributed by atoms with Crippen LogP contribution in [-0.2, 0) is 12.8 Å². The summed E-state index contributed by atoms with van der Waals surface area (Å²) in [5, 5.41) is 14.6. The lowest BCUT2D eigenvalue weighted by molar-refractivity contribution is -0.384. The summed E-state index contributed by atoms with van der Waals surface area (Å²) in [4.78, 5) is 29.3. The third-order valence-electron chi connectivity index (χ3n) is 5.96. The summed E-state index contributed by atoms with van der Waals surface area (Å²) in [5.74, 6) is -0.00599. The largest absolute Gasteiger partial charge is 0.397 e. The van der Waals surface area contributed by atoms with Crippen LogP contribution in [0.15, 0.2) is 54.6 Å². The normalized spacial score (nSPS) is 15.2. The molecule has 166 valence electrons. The highest BCUT2D eigenvalue weighted by Crippen LogP contribution is 2.39. The predicted molar refractivity (Wildman–Crippen MR) is 131 cm³/mol. The molecule has 0 saturated carbocycles. The standard InChI is InChI=1S/C24H19ClN4O3S/c25-18-8-7-16(12-20(18)29(31)32)27-23(30)22-21(26)17-11-15-10-14(13-4-2-1-3-5-13)6-9-19(15)28-24(17)33-22/h1-5,7-8,11-12,14H,6,9-10,26H2,(H,27,30). The second-order valence-corrected chi connectivity index (χ2v) is 9.43. The van der Waals surface area contributed by atoms with E-state index >= 15 is 0 Å². The third kappa shape index (κ3) is 4.03. The Balaban J connectivity index is 1.44. The molecule has 3 N–H and O–H groups in total. The lowest BCUT2D eigenvalue weighted by Gasteiger charge is -2.24. The average molecular weight is 479 g/mol. The van der Waals surface area contributed by atoms with Crippen LogP contribution >= 0.6 is 22.9 Å². The number of nitrogens with zero attached hydrogens (tertiary/aromatic N) is 2. The van der Waals surface area contributed by atoms with Gasteiger partial charge in [-0.15, -0.1) is 11.3 Å². The molecular weight excluding hydrogens is 460 g/mol. The van der Waals surface area contributed by atoms with Crippen LogP contribution in [0.4, 0.5) is 17.1 Å². The molecule has 2 heterocycles. The van der Waals surface area contributed by atoms with E-state index < -0.39 is 10.8 Å². The van der Waals surface area contributed by atoms with E-state index in [1.807, 2.05) is 6.07 Å². The van der Waals surface area contributed by atoms with Gasteiger partial charge in [-0.2, -0.15) is 0 Å². The van der Waals surface area contributed by atoms with Crippen molar-refractivity contribution in [2.45, 2.75) is 25.2 Å². The number of aromatic nitrogens is 1. The van der Waals surface area contributed by atoms with Crippen molar-refractivity contribution < 1.29 is 9.72 Å². The first-order valence-electron chi connectivity index (χ1n) is 10.4. The number of aryl methyl sites for hydroxylation is 1. The van der Waals surface area contributed by atoms with Crippen LogP contribution in [0.1, 0.15) is 38.8 Å². The number of amides is 1. The number of nitrogens with one attached hydrogen (secondary N) is 1. The third-order valence-corrected chi connectivity index (χ3v) is 7.40. The number of rotatable bonds is 4. The molecule has 0 bridgehead atoms. The predicted octanol–water partition coefficient (Wildman–Crippen LogP) is 5.96. The lowest BCUT2D eigenvalue weighted by atomic mass is 9.82. The zero-order valence-electron chi connectivity index (χ0n) is 17.4. The molecule has 2 aromatic heterocycles. The molecule has 1 atom stereocenters. The number of fused-ring (bicyclic) bond motifs is 2. The second kappa shape index (κ2) is 8.46. The number of nitrogen functional groups attached to an aromatic ring is 1. The van der Waals surface area contributed by atoms with E-state index in [-0.39, 0.29) is 16.4 Å². The van der Waals surface area contributed by atoms with Gasteiger partial charge in [0.25, 0.3) is 11.6 Å². The van der Waals surface area contributed by atoms with Crippen molar-refractivity contribution in [1.82, 2.24) is 4.98 Å². The van der Waals surface area contributed by atoms with Gasteiger partial charge < -0.3 is 11.1 Å². The highest BCUT2D eigenvalue weighted by molar-refractivity contribution is 7.21. The SMILES string of the molecule is Nc1c(C(=O)Nc2ccc(Cl)c([N+](=O)[O-])c2)sc2nc3c(cc12)CC(c1ccccc1)CC3. The summed E-state index contributed by atoms with van der Waals surface area (Å²) in [7, 11) is 0. The number of hydrogen-bond acceptors (Lipinski definition) is 6. The second-order valence-electron chi connectivity index (χ2n) is 8.02. The molecule has 0 saturated heterocycles. The van der Waals surface area contributed by atoms with E-state index in [4.69, 9.17) is 22.3 Å². The summed E-state index contributed by atoms with van der Waals surface area (Å²) in [5.41, 5.74) is 10.2. The number of nitro benzene ring substituents is 1. The van der Waals surface area contributed by atoms with Crippen molar-refractivity contribution >= 4 is 56.1 Å². The minimum absolute atomic E-state index is 0.00274. The molecule has 9 heteroatoms. The first-order valence-corrected chi connectivity index (χ1v) is 11.6. The zero-order valence-corrected chi connectivity index (χ0v) is 18.9. The Labute approximate surface area is 198 Å². The van der Waals surface area contributed by atoms with Crippen molar-refractivity contribution in [1.29, 1.82) is 0 Å². The Hall–Kier alpha value is -3.49. The van der Waals surface area contributed by atoms with Gasteiger partial charge in [-0.3, -0.25) is 14.9 Å². The van der Waals surface area contributed by atoms with E-state index in [1.165, 1.54) is 35.1 Å². The molecule has 33 heavy (non-hydrogen) atoms. The number of pyridine rings is 1. The number of thiophene rings is 1. The number of anilines is 2. The van der Waals surface area contributed by atoms with Crippen molar-refractivity contribution in [3.63, 3.8) is 0 Å². The Kier molecular flexibility index (Phi) is 5.47. The maximum Gasteiger partial charge on any atom is 0.289 e. The molecule has 1 amide bonds. The number of benzene rings is 2. The molecule has 0 aliphatic heterocycles. The van der Waals surface area contributed by atoms with Gasteiger partial charge in [0.1, 0.15) is 14.7 Å². The minimum atomic E-state index is -0.594. The molecule has 0 fully saturated rings. The molecule has 2 aromatic carbocycles. The number of carbonyl (C=O) groups is 1. The van der Waals surface area contributed by atoms with Gasteiger partial charge in [-0.1, -0.05) is 41.9 Å². The number of halogens is 1. The summed E-state index contributed by atoms with van der Waals surface area (Å²) < 4.78 is 0. The van der Waals surface area contributed by atoms with Gasteiger partial charge in [0, 0.05) is 22.8 Å². The first-order chi connectivity index (χ1) is 15.9. The quantitative estimate of drug-likeness (QED) is 0.277. The number of hydrogen-bond donors (Lipinski definition) is 2. The summed E-state index contributed by atoms with van der Waals surface area (Å²) in [6.45, 7) is 0. The summed E-state index contributed by atoms with van der Waals surface area (Å²) in [6, 6.07) is 16.6. The van der Waals surface area contributed by atoms with Crippen LogP contribution in [0, 0.1) is 10.1 Å². The number of nitro groups is 1. The monoisotopic (exact) mass is 478 g/mol. The summed E-state index contributed by atoms with van der Waals surface area (Å²) in [6.07, 6.45) is 2.78. The Morgan fingerprint density at radius 1 is 1.21 bits per heavy atom. The van der Waals surface area contributed by atoms with Gasteiger partial charge in [0.2, 0.25) is 0 Å². The molecule has 7 nitrogen and oxygen atoms in total. The number of carbonyl (C=O) groups excluding carboxylic acids is 1. The fourth-order valence-corrected chi connectivity index (χ4v) is 5.47. The fourth-order valence-electron chi connectivity index (χ4n) is 4.29. The van der Waals surface area contributed by atoms with E-state index in [2.05, 4.69) is 35.6 Å². The van der Waals surface area contributed by atoms with Crippen LogP contribution in [0.25, 0.3) is 10.2 Å². The van der Waals surface area contributed by atoms with Gasteiger partial charge in [-0.25, -0.2) is 4.98 Å². The van der Waals surface area contributed by atoms with Gasteiger partial charge >= 0.3 is 0 Å². The lowest BCUT2D eigenvalue weighted by Crippen LogP contribution is -2.14. The van der Waals surface area contributed by atoms with Crippen LogP contribution in [-0.4, -0.2) is 15.8 Å². The highest BCUT2D eigenvalue weighted by atomic mass is 35.5. The fraction of sp³-hybridized carbons (Fsp3) is 0.167. The van der Waals surface area contributed by atoms with Crippen LogP contribution in [0.3, 0.4) is 0 Å². The Morgan fingerprint density at radius 3 is 2.76 bits per heavy atom. The maximum absolute atomic E-state index is 12.9. The average Bonchev–Trinajstić information content (AvgIpc) is 3.14. The van der Waals surface area contributed by atoms with Gasteiger partial charge in [0.05, 0.1) is 10.6 Å². The molecule has 0 spiro atoms.